The third-order valence-electron chi connectivity index (χ3n) is 5.96. The molecular formula is C27H22ClF3N8O4S4. The van der Waals surface area contributed by atoms with Crippen LogP contribution >= 0.6 is 34.3 Å². The minimum absolute atomic E-state index is 0.125. The zero-order chi connectivity index (χ0) is 34.0. The van der Waals surface area contributed by atoms with Crippen LogP contribution in [-0.2, 0) is 26.2 Å². The lowest BCUT2D eigenvalue weighted by Crippen LogP contribution is -2.16. The van der Waals surface area contributed by atoms with Crippen molar-refractivity contribution in [3.63, 3.8) is 0 Å². The van der Waals surface area contributed by atoms with Gasteiger partial charge in [0.25, 0.3) is 20.0 Å². The van der Waals surface area contributed by atoms with E-state index in [0.29, 0.717) is 21.1 Å². The van der Waals surface area contributed by atoms with E-state index in [2.05, 4.69) is 29.6 Å². The number of alkyl halides is 3. The maximum atomic E-state index is 12.6. The van der Waals surface area contributed by atoms with Crippen LogP contribution in [0, 0.1) is 13.8 Å². The minimum Gasteiger partial charge on any atom is -0.263 e. The van der Waals surface area contributed by atoms with Crippen LogP contribution < -0.4 is 9.44 Å². The Labute approximate surface area is 279 Å². The molecule has 4 heterocycles. The van der Waals surface area contributed by atoms with Gasteiger partial charge in [-0.3, -0.25) is 9.44 Å². The SMILES string of the molecule is Cc1csc(-n2nccc2NS(=O)(=O)c2ccc(C(F)(F)F)cc2)n1.Cc1csc(-n2nccc2NS(=O)(=O)c2ccc(Cl)cc2)n1. The molecule has 2 aromatic carbocycles. The Morgan fingerprint density at radius 2 is 1.09 bits per heavy atom. The fourth-order valence-corrected chi connectivity index (χ4v) is 7.53. The first-order valence-electron chi connectivity index (χ1n) is 13.0. The smallest absolute Gasteiger partial charge is 0.263 e. The van der Waals surface area contributed by atoms with E-state index in [9.17, 15) is 30.0 Å². The second kappa shape index (κ2) is 13.4. The van der Waals surface area contributed by atoms with Crippen molar-refractivity contribution >= 4 is 66.0 Å². The van der Waals surface area contributed by atoms with Crippen LogP contribution in [0.2, 0.25) is 5.02 Å². The second-order valence-electron chi connectivity index (χ2n) is 9.49. The summed E-state index contributed by atoms with van der Waals surface area (Å²) in [6.07, 6.45) is -1.63. The molecule has 0 fully saturated rings. The zero-order valence-electron chi connectivity index (χ0n) is 24.0. The third kappa shape index (κ3) is 8.17. The monoisotopic (exact) mass is 742 g/mol. The van der Waals surface area contributed by atoms with E-state index < -0.39 is 31.8 Å². The molecule has 6 aromatic rings. The van der Waals surface area contributed by atoms with Crippen LogP contribution in [0.1, 0.15) is 17.0 Å². The summed E-state index contributed by atoms with van der Waals surface area (Å²) in [6.45, 7) is 3.65. The van der Waals surface area contributed by atoms with E-state index in [4.69, 9.17) is 11.6 Å². The number of aryl methyl sites for hydroxylation is 2. The maximum Gasteiger partial charge on any atom is 0.416 e. The lowest BCUT2D eigenvalue weighted by molar-refractivity contribution is -0.137. The number of sulfonamides is 2. The number of rotatable bonds is 8. The zero-order valence-corrected chi connectivity index (χ0v) is 28.1. The van der Waals surface area contributed by atoms with Crippen molar-refractivity contribution in [3.05, 3.63) is 106 Å². The van der Waals surface area contributed by atoms with Gasteiger partial charge in [-0.2, -0.15) is 32.7 Å². The lowest BCUT2D eigenvalue weighted by Gasteiger charge is -2.10. The van der Waals surface area contributed by atoms with Crippen molar-refractivity contribution < 1.29 is 30.0 Å². The number of halogens is 4. The molecule has 6 rings (SSSR count). The largest absolute Gasteiger partial charge is 0.416 e. The Morgan fingerprint density at radius 1 is 0.681 bits per heavy atom. The molecule has 20 heteroatoms. The van der Waals surface area contributed by atoms with Gasteiger partial charge in [0.15, 0.2) is 0 Å². The number of hydrogen-bond donors (Lipinski definition) is 2. The van der Waals surface area contributed by atoms with Crippen molar-refractivity contribution in [2.45, 2.75) is 29.8 Å². The van der Waals surface area contributed by atoms with Crippen LogP contribution in [0.3, 0.4) is 0 Å². The molecule has 0 saturated carbocycles. The number of thiazole rings is 2. The number of benzene rings is 2. The van der Waals surface area contributed by atoms with Gasteiger partial charge in [0.05, 0.1) is 39.1 Å². The van der Waals surface area contributed by atoms with Gasteiger partial charge in [0, 0.05) is 27.9 Å². The fourth-order valence-electron chi connectivity index (χ4n) is 3.77. The highest BCUT2D eigenvalue weighted by molar-refractivity contribution is 7.93. The summed E-state index contributed by atoms with van der Waals surface area (Å²) in [6, 6.07) is 12.2. The predicted molar refractivity (Wildman–Crippen MR) is 172 cm³/mol. The van der Waals surface area contributed by atoms with Gasteiger partial charge in [0.2, 0.25) is 10.3 Å². The fraction of sp³-hybridized carbons (Fsp3) is 0.111. The molecule has 12 nitrogen and oxygen atoms in total. The van der Waals surface area contributed by atoms with Gasteiger partial charge in [-0.25, -0.2) is 26.8 Å². The third-order valence-corrected chi connectivity index (χ3v) is 10.8. The molecule has 4 aromatic heterocycles. The summed E-state index contributed by atoms with van der Waals surface area (Å²) in [4.78, 5) is 8.35. The van der Waals surface area contributed by atoms with E-state index in [1.165, 1.54) is 74.8 Å². The molecular weight excluding hydrogens is 721 g/mol. The van der Waals surface area contributed by atoms with Gasteiger partial charge in [0.1, 0.15) is 11.6 Å². The summed E-state index contributed by atoms with van der Waals surface area (Å²) < 4.78 is 94.9. The first-order valence-corrected chi connectivity index (χ1v) is 18.1. The van der Waals surface area contributed by atoms with Gasteiger partial charge in [-0.15, -0.1) is 22.7 Å². The standard InChI is InChI=1S/C14H11F3N4O2S2.C13H11ClN4O2S2/c1-9-8-24-13(19-9)21-12(6-7-18-21)20-25(22,23)11-4-2-10(3-5-11)14(15,16)17;1-9-8-21-13(16-9)18-12(6-7-15-18)17-22(19,20)11-4-2-10(14)3-5-11/h2-8,20H,1H3;2-8,17H,1H3. The van der Waals surface area contributed by atoms with Crippen LogP contribution in [0.5, 0.6) is 0 Å². The summed E-state index contributed by atoms with van der Waals surface area (Å²) in [5.41, 5.74) is 0.684. The molecule has 0 aliphatic heterocycles. The van der Waals surface area contributed by atoms with E-state index in [1.54, 1.807) is 18.4 Å². The van der Waals surface area contributed by atoms with Crippen LogP contribution in [0.25, 0.3) is 10.3 Å². The van der Waals surface area contributed by atoms with Crippen molar-refractivity contribution in [1.29, 1.82) is 0 Å². The van der Waals surface area contributed by atoms with Crippen molar-refractivity contribution in [2.75, 3.05) is 9.44 Å². The molecule has 246 valence electrons. The van der Waals surface area contributed by atoms with Crippen molar-refractivity contribution in [3.8, 4) is 10.3 Å². The average molecular weight is 743 g/mol. The molecule has 0 radical (unpaired) electrons. The van der Waals surface area contributed by atoms with Crippen LogP contribution in [-0.4, -0.2) is 46.4 Å². The molecule has 47 heavy (non-hydrogen) atoms. The van der Waals surface area contributed by atoms with Gasteiger partial charge in [-0.05, 0) is 62.4 Å². The van der Waals surface area contributed by atoms with Crippen LogP contribution in [0.15, 0.2) is 93.6 Å². The Balaban J connectivity index is 0.000000186. The first-order chi connectivity index (χ1) is 22.1. The maximum absolute atomic E-state index is 12.6. The highest BCUT2D eigenvalue weighted by Gasteiger charge is 2.31. The number of hydrogen-bond acceptors (Lipinski definition) is 10. The number of anilines is 2. The van der Waals surface area contributed by atoms with E-state index >= 15 is 0 Å². The normalized spacial score (nSPS) is 12.0. The Kier molecular flexibility index (Phi) is 9.73. The molecule has 0 amide bonds. The average Bonchev–Trinajstić information content (AvgIpc) is 3.82. The minimum atomic E-state index is -4.53. The Bertz CT molecular complexity index is 2210. The molecule has 0 unspecified atom stereocenters. The topological polar surface area (TPSA) is 154 Å². The van der Waals surface area contributed by atoms with E-state index in [0.717, 1.165) is 35.7 Å². The number of nitrogens with one attached hydrogen (secondary N) is 2. The van der Waals surface area contributed by atoms with Crippen molar-refractivity contribution in [2.24, 2.45) is 0 Å². The predicted octanol–water partition coefficient (Wildman–Crippen LogP) is 6.55. The summed E-state index contributed by atoms with van der Waals surface area (Å²) in [5.74, 6) is 0.457. The Hall–Kier alpha value is -4.30. The number of aromatic nitrogens is 6. The molecule has 0 atom stereocenters. The first kappa shape index (κ1) is 34.0. The lowest BCUT2D eigenvalue weighted by atomic mass is 10.2. The second-order valence-corrected chi connectivity index (χ2v) is 15.0. The van der Waals surface area contributed by atoms with Crippen LogP contribution in [0.4, 0.5) is 24.8 Å². The highest BCUT2D eigenvalue weighted by atomic mass is 35.5. The summed E-state index contributed by atoms with van der Waals surface area (Å²) >= 11 is 8.44. The quantitative estimate of drug-likeness (QED) is 0.178. The molecule has 0 spiro atoms. The van der Waals surface area contributed by atoms with E-state index in [-0.39, 0.29) is 15.6 Å². The molecule has 0 aliphatic carbocycles. The Morgan fingerprint density at radius 3 is 1.45 bits per heavy atom. The summed E-state index contributed by atoms with van der Waals surface area (Å²) in [7, 11) is -7.79. The molecule has 0 saturated heterocycles. The molecule has 0 bridgehead atoms. The van der Waals surface area contributed by atoms with Crippen molar-refractivity contribution in [1.82, 2.24) is 29.5 Å². The van der Waals surface area contributed by atoms with Gasteiger partial charge >= 0.3 is 6.18 Å². The molecule has 0 aliphatic rings. The number of nitrogens with zero attached hydrogens (tertiary/aromatic N) is 6. The summed E-state index contributed by atoms with van der Waals surface area (Å²) in [5, 5.41) is 13.3. The highest BCUT2D eigenvalue weighted by Crippen LogP contribution is 2.30. The van der Waals surface area contributed by atoms with E-state index in [1.807, 2.05) is 12.3 Å². The van der Waals surface area contributed by atoms with Gasteiger partial charge < -0.3 is 0 Å². The van der Waals surface area contributed by atoms with Gasteiger partial charge in [-0.1, -0.05) is 11.6 Å². The molecule has 2 N–H and O–H groups in total.